The molecule has 7 heteroatoms. The second kappa shape index (κ2) is 9.07. The lowest BCUT2D eigenvalue weighted by molar-refractivity contribution is -0.117. The van der Waals surface area contributed by atoms with Crippen LogP contribution in [0.5, 0.6) is 0 Å². The number of carbonyl (C=O) groups excluding carboxylic acids is 1. The molecule has 0 aliphatic carbocycles. The van der Waals surface area contributed by atoms with Gasteiger partial charge in [0.1, 0.15) is 0 Å². The number of amides is 1. The van der Waals surface area contributed by atoms with Crippen LogP contribution in [-0.4, -0.2) is 37.0 Å². The third-order valence-electron chi connectivity index (χ3n) is 4.62. The minimum absolute atomic E-state index is 0. The summed E-state index contributed by atoms with van der Waals surface area (Å²) in [5, 5.41) is 2.61. The van der Waals surface area contributed by atoms with Crippen molar-refractivity contribution in [2.45, 2.75) is 5.92 Å². The van der Waals surface area contributed by atoms with E-state index < -0.39 is 11.6 Å². The first kappa shape index (κ1) is 20.3. The molecule has 3 N–H and O–H groups in total. The van der Waals surface area contributed by atoms with Gasteiger partial charge >= 0.3 is 0 Å². The van der Waals surface area contributed by atoms with Crippen molar-refractivity contribution >= 4 is 24.0 Å². The maximum atomic E-state index is 13.2. The van der Waals surface area contributed by atoms with Gasteiger partial charge in [-0.3, -0.25) is 9.69 Å². The first-order valence-electron chi connectivity index (χ1n) is 8.29. The number of likely N-dealkylation sites (tertiary alicyclic amines) is 1. The number of halogens is 3. The van der Waals surface area contributed by atoms with Crippen LogP contribution in [0, 0.1) is 17.6 Å². The third-order valence-corrected chi connectivity index (χ3v) is 4.62. The van der Waals surface area contributed by atoms with Crippen LogP contribution in [0.15, 0.2) is 48.5 Å². The molecule has 1 aliphatic heterocycles. The van der Waals surface area contributed by atoms with E-state index in [2.05, 4.69) is 17.4 Å². The molecule has 0 aromatic heterocycles. The number of hydrogen-bond acceptors (Lipinski definition) is 3. The van der Waals surface area contributed by atoms with Gasteiger partial charge in [0.2, 0.25) is 5.91 Å². The largest absolute Gasteiger partial charge is 0.330 e. The van der Waals surface area contributed by atoms with E-state index in [4.69, 9.17) is 5.73 Å². The Bertz CT molecular complexity index is 745. The van der Waals surface area contributed by atoms with Crippen LogP contribution in [0.1, 0.15) is 11.5 Å². The van der Waals surface area contributed by atoms with Crippen molar-refractivity contribution in [2.24, 2.45) is 11.7 Å². The lowest BCUT2D eigenvalue weighted by atomic mass is 9.89. The van der Waals surface area contributed by atoms with Gasteiger partial charge in [0, 0.05) is 30.8 Å². The molecule has 3 rings (SSSR count). The second-order valence-corrected chi connectivity index (χ2v) is 6.38. The molecule has 0 unspecified atom stereocenters. The van der Waals surface area contributed by atoms with Gasteiger partial charge in [-0.1, -0.05) is 30.3 Å². The molecule has 26 heavy (non-hydrogen) atoms. The standard InChI is InChI=1S/C19H21F2N3O.ClH/c20-17-7-6-15(8-18(17)21)23-19(25)12-24-10-14(9-22)16(11-24)13-4-2-1-3-5-13;/h1-8,14,16H,9-12,22H2,(H,23,25);1H/t14-,16+;/m1./s1. The highest BCUT2D eigenvalue weighted by atomic mass is 35.5. The fourth-order valence-electron chi connectivity index (χ4n) is 3.38. The van der Waals surface area contributed by atoms with E-state index in [1.165, 1.54) is 11.6 Å². The summed E-state index contributed by atoms with van der Waals surface area (Å²) in [6, 6.07) is 13.5. The van der Waals surface area contributed by atoms with Crippen molar-refractivity contribution in [1.82, 2.24) is 4.90 Å². The number of anilines is 1. The Morgan fingerprint density at radius 2 is 1.85 bits per heavy atom. The van der Waals surface area contributed by atoms with Gasteiger partial charge in [-0.05, 0) is 30.2 Å². The molecular weight excluding hydrogens is 360 g/mol. The van der Waals surface area contributed by atoms with Gasteiger partial charge in [-0.2, -0.15) is 0 Å². The van der Waals surface area contributed by atoms with Gasteiger partial charge in [0.15, 0.2) is 11.6 Å². The Hall–Kier alpha value is -2.02. The van der Waals surface area contributed by atoms with Crippen LogP contribution >= 0.6 is 12.4 Å². The maximum absolute atomic E-state index is 13.2. The van der Waals surface area contributed by atoms with Crippen LogP contribution in [0.4, 0.5) is 14.5 Å². The molecule has 2 aromatic carbocycles. The molecule has 1 heterocycles. The minimum Gasteiger partial charge on any atom is -0.330 e. The van der Waals surface area contributed by atoms with Crippen molar-refractivity contribution in [3.8, 4) is 0 Å². The van der Waals surface area contributed by atoms with Gasteiger partial charge in [0.25, 0.3) is 0 Å². The lowest BCUT2D eigenvalue weighted by Gasteiger charge is -2.16. The Labute approximate surface area is 157 Å². The number of hydrogen-bond donors (Lipinski definition) is 2. The summed E-state index contributed by atoms with van der Waals surface area (Å²) in [6.07, 6.45) is 0. The van der Waals surface area contributed by atoms with Crippen molar-refractivity contribution in [3.63, 3.8) is 0 Å². The average Bonchev–Trinajstić information content (AvgIpc) is 3.01. The fraction of sp³-hybridized carbons (Fsp3) is 0.316. The number of nitrogens with zero attached hydrogens (tertiary/aromatic N) is 1. The van der Waals surface area contributed by atoms with E-state index in [1.807, 2.05) is 23.1 Å². The molecule has 0 spiro atoms. The summed E-state index contributed by atoms with van der Waals surface area (Å²) in [5.74, 6) is -1.59. The summed E-state index contributed by atoms with van der Waals surface area (Å²) >= 11 is 0. The van der Waals surface area contributed by atoms with Crippen LogP contribution < -0.4 is 11.1 Å². The Morgan fingerprint density at radius 3 is 2.50 bits per heavy atom. The predicted molar refractivity (Wildman–Crippen MR) is 100 cm³/mol. The van der Waals surface area contributed by atoms with Crippen molar-refractivity contribution in [2.75, 3.05) is 31.5 Å². The molecule has 2 atom stereocenters. The highest BCUT2D eigenvalue weighted by molar-refractivity contribution is 5.92. The molecule has 4 nitrogen and oxygen atoms in total. The minimum atomic E-state index is -0.980. The van der Waals surface area contributed by atoms with E-state index in [9.17, 15) is 13.6 Å². The molecular formula is C19H22ClF2N3O. The maximum Gasteiger partial charge on any atom is 0.238 e. The van der Waals surface area contributed by atoms with Crippen LogP contribution in [-0.2, 0) is 4.79 Å². The summed E-state index contributed by atoms with van der Waals surface area (Å²) < 4.78 is 26.2. The molecule has 1 amide bonds. The van der Waals surface area contributed by atoms with Crippen molar-refractivity contribution in [3.05, 3.63) is 65.7 Å². The monoisotopic (exact) mass is 381 g/mol. The Balaban J connectivity index is 0.00000243. The number of rotatable bonds is 5. The highest BCUT2D eigenvalue weighted by Gasteiger charge is 2.33. The molecule has 0 saturated carbocycles. The number of nitrogens with one attached hydrogen (secondary N) is 1. The second-order valence-electron chi connectivity index (χ2n) is 6.38. The van der Waals surface area contributed by atoms with Crippen molar-refractivity contribution in [1.29, 1.82) is 0 Å². The van der Waals surface area contributed by atoms with Gasteiger partial charge in [0.05, 0.1) is 6.54 Å². The molecule has 1 saturated heterocycles. The smallest absolute Gasteiger partial charge is 0.238 e. The predicted octanol–water partition coefficient (Wildman–Crippen LogP) is 3.00. The van der Waals surface area contributed by atoms with Crippen LogP contribution in [0.25, 0.3) is 0 Å². The zero-order chi connectivity index (χ0) is 17.8. The summed E-state index contributed by atoms with van der Waals surface area (Å²) in [6.45, 7) is 2.23. The first-order chi connectivity index (χ1) is 12.1. The highest BCUT2D eigenvalue weighted by Crippen LogP contribution is 2.31. The fourth-order valence-corrected chi connectivity index (χ4v) is 3.38. The molecule has 1 fully saturated rings. The lowest BCUT2D eigenvalue weighted by Crippen LogP contribution is -2.32. The zero-order valence-electron chi connectivity index (χ0n) is 14.2. The Morgan fingerprint density at radius 1 is 1.12 bits per heavy atom. The van der Waals surface area contributed by atoms with Crippen LogP contribution in [0.2, 0.25) is 0 Å². The van der Waals surface area contributed by atoms with E-state index in [1.54, 1.807) is 0 Å². The summed E-state index contributed by atoms with van der Waals surface area (Å²) in [7, 11) is 0. The average molecular weight is 382 g/mol. The summed E-state index contributed by atoms with van der Waals surface area (Å²) in [4.78, 5) is 14.2. The van der Waals surface area contributed by atoms with E-state index >= 15 is 0 Å². The normalized spacial score (nSPS) is 19.8. The quantitative estimate of drug-likeness (QED) is 0.837. The van der Waals surface area contributed by atoms with E-state index in [0.717, 1.165) is 25.2 Å². The number of carbonyl (C=O) groups is 1. The number of benzene rings is 2. The van der Waals surface area contributed by atoms with Crippen molar-refractivity contribution < 1.29 is 13.6 Å². The van der Waals surface area contributed by atoms with Gasteiger partial charge in [-0.25, -0.2) is 8.78 Å². The van der Waals surface area contributed by atoms with E-state index in [0.29, 0.717) is 18.4 Å². The Kier molecular flexibility index (Phi) is 7.08. The zero-order valence-corrected chi connectivity index (χ0v) is 15.0. The van der Waals surface area contributed by atoms with Gasteiger partial charge < -0.3 is 11.1 Å². The first-order valence-corrected chi connectivity index (χ1v) is 8.29. The SMILES string of the molecule is Cl.NC[C@@H]1CN(CC(=O)Nc2ccc(F)c(F)c2)C[C@H]1c1ccccc1. The molecule has 0 bridgehead atoms. The third kappa shape index (κ3) is 4.78. The molecule has 140 valence electrons. The molecule has 0 radical (unpaired) electrons. The number of nitrogens with two attached hydrogens (primary N) is 1. The molecule has 2 aromatic rings. The molecule has 1 aliphatic rings. The van der Waals surface area contributed by atoms with Gasteiger partial charge in [-0.15, -0.1) is 12.4 Å². The summed E-state index contributed by atoms with van der Waals surface area (Å²) in [5.41, 5.74) is 7.38. The van der Waals surface area contributed by atoms with E-state index in [-0.39, 0.29) is 30.5 Å². The van der Waals surface area contributed by atoms with Crippen LogP contribution in [0.3, 0.4) is 0 Å². The topological polar surface area (TPSA) is 58.4 Å².